The van der Waals surface area contributed by atoms with E-state index in [4.69, 9.17) is 4.74 Å². The van der Waals surface area contributed by atoms with Gasteiger partial charge in [0.1, 0.15) is 5.75 Å². The first kappa shape index (κ1) is 23.6. The largest absolute Gasteiger partial charge is 0.496 e. The van der Waals surface area contributed by atoms with Gasteiger partial charge in [-0.1, -0.05) is 27.7 Å². The van der Waals surface area contributed by atoms with Crippen LogP contribution in [-0.2, 0) is 26.7 Å². The van der Waals surface area contributed by atoms with Crippen molar-refractivity contribution in [1.29, 1.82) is 0 Å². The Morgan fingerprint density at radius 1 is 1.09 bits per heavy atom. The highest BCUT2D eigenvalue weighted by Gasteiger charge is 2.63. The van der Waals surface area contributed by atoms with Gasteiger partial charge in [0.05, 0.1) is 13.4 Å². The first-order chi connectivity index (χ1) is 14.7. The van der Waals surface area contributed by atoms with Gasteiger partial charge in [0.15, 0.2) is 0 Å². The summed E-state index contributed by atoms with van der Waals surface area (Å²) in [6.45, 7) is 10.8. The number of hydrogen-bond donors (Lipinski definition) is 2. The van der Waals surface area contributed by atoms with Crippen molar-refractivity contribution in [3.8, 4) is 5.75 Å². The molecule has 6 nitrogen and oxygen atoms in total. The van der Waals surface area contributed by atoms with E-state index < -0.39 is 10.0 Å². The van der Waals surface area contributed by atoms with E-state index in [9.17, 15) is 13.2 Å². The van der Waals surface area contributed by atoms with Crippen LogP contribution in [0.25, 0.3) is 0 Å². The Labute approximate surface area is 192 Å². The molecule has 0 aliphatic heterocycles. The Bertz CT molecular complexity index is 1050. The van der Waals surface area contributed by atoms with E-state index in [0.29, 0.717) is 11.8 Å². The number of fused-ring (bicyclic) bond motifs is 5. The number of ether oxygens (including phenoxy) is 1. The molecule has 32 heavy (non-hydrogen) atoms. The molecule has 0 spiro atoms. The first-order valence-electron chi connectivity index (χ1n) is 11.7. The maximum Gasteiger partial charge on any atom is 0.221 e. The van der Waals surface area contributed by atoms with Crippen LogP contribution in [0.15, 0.2) is 12.1 Å². The second-order valence-corrected chi connectivity index (χ2v) is 13.2. The second kappa shape index (κ2) is 7.45. The number of amides is 1. The molecule has 1 aromatic carbocycles. The number of nitrogens with one attached hydrogen (secondary N) is 2. The van der Waals surface area contributed by atoms with Gasteiger partial charge in [-0.05, 0) is 66.4 Å². The lowest BCUT2D eigenvalue weighted by molar-refractivity contribution is -0.114. The van der Waals surface area contributed by atoms with Gasteiger partial charge in [-0.25, -0.2) is 13.1 Å². The molecule has 1 aromatic rings. The number of hydrogen-bond acceptors (Lipinski definition) is 4. The zero-order valence-electron chi connectivity index (χ0n) is 20.5. The van der Waals surface area contributed by atoms with Crippen LogP contribution in [-0.4, -0.2) is 33.7 Å². The van der Waals surface area contributed by atoms with Crippen LogP contribution in [0.3, 0.4) is 0 Å². The molecule has 2 fully saturated rings. The summed E-state index contributed by atoms with van der Waals surface area (Å²) in [5, 5.41) is 2.93. The van der Waals surface area contributed by atoms with E-state index in [-0.39, 0.29) is 28.2 Å². The summed E-state index contributed by atoms with van der Waals surface area (Å²) in [7, 11) is -1.54. The summed E-state index contributed by atoms with van der Waals surface area (Å²) in [6.07, 6.45) is 6.20. The van der Waals surface area contributed by atoms with Crippen molar-refractivity contribution in [2.75, 3.05) is 18.7 Å². The van der Waals surface area contributed by atoms with Crippen molar-refractivity contribution in [2.24, 2.45) is 22.7 Å². The van der Waals surface area contributed by atoms with Gasteiger partial charge < -0.3 is 10.1 Å². The van der Waals surface area contributed by atoms with Crippen LogP contribution in [0, 0.1) is 22.7 Å². The Morgan fingerprint density at radius 3 is 2.38 bits per heavy atom. The lowest BCUT2D eigenvalue weighted by Crippen LogP contribution is -2.61. The zero-order chi connectivity index (χ0) is 23.7. The second-order valence-electron chi connectivity index (χ2n) is 11.5. The summed E-state index contributed by atoms with van der Waals surface area (Å²) < 4.78 is 32.9. The van der Waals surface area contributed by atoms with E-state index in [0.717, 1.165) is 43.5 Å². The van der Waals surface area contributed by atoms with Crippen LogP contribution in [0.4, 0.5) is 5.69 Å². The summed E-state index contributed by atoms with van der Waals surface area (Å²) in [4.78, 5) is 11.7. The van der Waals surface area contributed by atoms with E-state index in [1.165, 1.54) is 24.3 Å². The third kappa shape index (κ3) is 3.56. The zero-order valence-corrected chi connectivity index (χ0v) is 21.3. The van der Waals surface area contributed by atoms with E-state index in [1.54, 1.807) is 7.11 Å². The van der Waals surface area contributed by atoms with E-state index >= 15 is 0 Å². The van der Waals surface area contributed by atoms with Crippen molar-refractivity contribution >= 4 is 21.6 Å². The molecule has 0 saturated heterocycles. The fraction of sp³-hybridized carbons (Fsp3) is 0.720. The Kier molecular flexibility index (Phi) is 5.49. The highest BCUT2D eigenvalue weighted by Crippen LogP contribution is 2.68. The fourth-order valence-corrected chi connectivity index (χ4v) is 8.86. The highest BCUT2D eigenvalue weighted by molar-refractivity contribution is 7.88. The van der Waals surface area contributed by atoms with Crippen LogP contribution in [0.5, 0.6) is 5.75 Å². The topological polar surface area (TPSA) is 84.5 Å². The maximum absolute atomic E-state index is 12.0. The molecule has 2 N–H and O–H groups in total. The minimum atomic E-state index is -3.25. The fourth-order valence-electron chi connectivity index (χ4n) is 7.92. The van der Waals surface area contributed by atoms with Gasteiger partial charge in [-0.3, -0.25) is 4.79 Å². The van der Waals surface area contributed by atoms with E-state index in [1.807, 2.05) is 6.07 Å². The molecular weight excluding hydrogens is 424 g/mol. The minimum Gasteiger partial charge on any atom is -0.496 e. The van der Waals surface area contributed by atoms with Gasteiger partial charge in [0.25, 0.3) is 0 Å². The number of carbonyl (C=O) groups is 1. The molecule has 3 aliphatic carbocycles. The van der Waals surface area contributed by atoms with Crippen LogP contribution < -0.4 is 14.8 Å². The smallest absolute Gasteiger partial charge is 0.221 e. The molecule has 1 amide bonds. The molecule has 0 aromatic heterocycles. The Morgan fingerprint density at radius 2 is 1.78 bits per heavy atom. The molecule has 2 saturated carbocycles. The predicted octanol–water partition coefficient (Wildman–Crippen LogP) is 4.24. The summed E-state index contributed by atoms with van der Waals surface area (Å²) >= 11 is 0. The summed E-state index contributed by atoms with van der Waals surface area (Å²) in [5.41, 5.74) is 3.35. The molecule has 0 radical (unpaired) electrons. The first-order valence-corrected chi connectivity index (χ1v) is 13.6. The number of methoxy groups -OCH3 is 1. The number of benzene rings is 1. The van der Waals surface area contributed by atoms with E-state index in [2.05, 4.69) is 43.8 Å². The van der Waals surface area contributed by atoms with Gasteiger partial charge in [0, 0.05) is 35.7 Å². The molecule has 178 valence electrons. The normalized spacial score (nSPS) is 35.4. The number of rotatable bonds is 4. The van der Waals surface area contributed by atoms with Gasteiger partial charge in [-0.15, -0.1) is 0 Å². The minimum absolute atomic E-state index is 0.00780. The third-order valence-corrected chi connectivity index (χ3v) is 9.87. The molecule has 0 bridgehead atoms. The van der Waals surface area contributed by atoms with Crippen molar-refractivity contribution in [3.63, 3.8) is 0 Å². The average Bonchev–Trinajstić information content (AvgIpc) is 2.96. The third-order valence-electron chi connectivity index (χ3n) is 9.16. The van der Waals surface area contributed by atoms with Crippen molar-refractivity contribution in [3.05, 3.63) is 23.3 Å². The maximum atomic E-state index is 12.0. The van der Waals surface area contributed by atoms with Crippen molar-refractivity contribution in [1.82, 2.24) is 4.72 Å². The highest BCUT2D eigenvalue weighted by atomic mass is 32.2. The lowest BCUT2D eigenvalue weighted by Gasteiger charge is -2.63. The molecule has 7 heteroatoms. The van der Waals surface area contributed by atoms with Crippen LogP contribution in [0.2, 0.25) is 0 Å². The van der Waals surface area contributed by atoms with Gasteiger partial charge in [0.2, 0.25) is 15.9 Å². The summed E-state index contributed by atoms with van der Waals surface area (Å²) in [6, 6.07) is 4.05. The van der Waals surface area contributed by atoms with Crippen LogP contribution >= 0.6 is 0 Å². The monoisotopic (exact) mass is 462 g/mol. The molecule has 3 aliphatic rings. The quantitative estimate of drug-likeness (QED) is 0.701. The lowest BCUT2D eigenvalue weighted by atomic mass is 9.43. The predicted molar refractivity (Wildman–Crippen MR) is 127 cm³/mol. The number of sulfonamides is 1. The van der Waals surface area contributed by atoms with Crippen molar-refractivity contribution in [2.45, 2.75) is 78.2 Å². The molecular formula is C25H38N2O4S. The number of anilines is 1. The van der Waals surface area contributed by atoms with Gasteiger partial charge >= 0.3 is 0 Å². The van der Waals surface area contributed by atoms with Crippen LogP contribution in [0.1, 0.15) is 71.4 Å². The van der Waals surface area contributed by atoms with Crippen molar-refractivity contribution < 1.29 is 17.9 Å². The average molecular weight is 463 g/mol. The molecule has 5 unspecified atom stereocenters. The Balaban J connectivity index is 1.74. The summed E-state index contributed by atoms with van der Waals surface area (Å²) in [5.74, 6) is 1.66. The molecule has 0 heterocycles. The Hall–Kier alpha value is -1.60. The standard InChI is InChI=1S/C25H38N2O4S/c1-15(28)26-17-12-16-13-20-24(4)11-9-21(27-32(7,29)30)23(2,3)19(24)8-10-25(20,5)22(16)18(14-17)31-6/h12,14,19-21,27H,8-11,13H2,1-7H3,(H,26,28). The molecule has 5 atom stereocenters. The number of carbonyl (C=O) groups excluding carboxylic acids is 1. The molecule has 4 rings (SSSR count). The van der Waals surface area contributed by atoms with Gasteiger partial charge in [-0.2, -0.15) is 0 Å². The SMILES string of the molecule is COc1cc(NC(C)=O)cc2c1C1(C)CCC3C(C)(C)C(NS(C)(=O)=O)CCC3(C)C1C2.